The molecular formula is C17H16BrClO2. The molecular weight excluding hydrogens is 352 g/mol. The summed E-state index contributed by atoms with van der Waals surface area (Å²) in [5, 5.41) is 0.568. The molecule has 2 aromatic carbocycles. The second kappa shape index (κ2) is 7.10. The zero-order valence-electron chi connectivity index (χ0n) is 12.0. The molecule has 0 N–H and O–H groups in total. The first-order valence-electron chi connectivity index (χ1n) is 6.69. The van der Waals surface area contributed by atoms with Crippen LogP contribution in [0.1, 0.15) is 34.0 Å². The molecule has 2 aromatic rings. The number of carbonyl (C=O) groups excluding carboxylic acids is 1. The highest BCUT2D eigenvalue weighted by Crippen LogP contribution is 2.28. The van der Waals surface area contributed by atoms with Gasteiger partial charge in [-0.25, -0.2) is 4.79 Å². The number of halogens is 2. The van der Waals surface area contributed by atoms with Crippen molar-refractivity contribution in [2.75, 3.05) is 7.11 Å². The Morgan fingerprint density at radius 1 is 1.19 bits per heavy atom. The molecule has 2 nitrogen and oxygen atoms in total. The maximum absolute atomic E-state index is 11.6. The summed E-state index contributed by atoms with van der Waals surface area (Å²) in [6, 6.07) is 12.0. The van der Waals surface area contributed by atoms with Crippen LogP contribution in [0, 0.1) is 0 Å². The largest absolute Gasteiger partial charge is 0.465 e. The van der Waals surface area contributed by atoms with Crippen LogP contribution >= 0.6 is 27.5 Å². The number of hydrogen-bond acceptors (Lipinski definition) is 2. The molecule has 4 heteroatoms. The molecule has 0 aromatic heterocycles. The Labute approximate surface area is 138 Å². The molecule has 0 bridgehead atoms. The van der Waals surface area contributed by atoms with Crippen LogP contribution in [0.2, 0.25) is 5.02 Å². The lowest BCUT2D eigenvalue weighted by Crippen LogP contribution is -2.03. The summed E-state index contributed by atoms with van der Waals surface area (Å²) in [4.78, 5) is 11.6. The van der Waals surface area contributed by atoms with Gasteiger partial charge in [0.05, 0.1) is 12.7 Å². The first-order chi connectivity index (χ1) is 10.0. The Balaban J connectivity index is 2.27. The molecule has 0 aliphatic rings. The minimum atomic E-state index is -0.400. The minimum Gasteiger partial charge on any atom is -0.465 e. The van der Waals surface area contributed by atoms with Crippen LogP contribution in [0.15, 0.2) is 40.9 Å². The molecule has 21 heavy (non-hydrogen) atoms. The third kappa shape index (κ3) is 3.86. The van der Waals surface area contributed by atoms with Crippen molar-refractivity contribution in [2.24, 2.45) is 0 Å². The van der Waals surface area contributed by atoms with Crippen LogP contribution in [0.4, 0.5) is 0 Å². The van der Waals surface area contributed by atoms with Crippen LogP contribution in [-0.2, 0) is 17.6 Å². The zero-order chi connectivity index (χ0) is 15.4. The molecule has 0 atom stereocenters. The lowest BCUT2D eigenvalue weighted by molar-refractivity contribution is 0.0599. The molecule has 110 valence electrons. The van der Waals surface area contributed by atoms with Crippen LogP contribution in [0.3, 0.4) is 0 Å². The Morgan fingerprint density at radius 2 is 1.81 bits per heavy atom. The molecule has 0 aliphatic carbocycles. The average molecular weight is 368 g/mol. The number of aryl methyl sites for hydroxylation is 1. The van der Waals surface area contributed by atoms with Gasteiger partial charge in [-0.1, -0.05) is 42.8 Å². The van der Waals surface area contributed by atoms with Crippen LogP contribution < -0.4 is 0 Å². The van der Waals surface area contributed by atoms with Crippen LogP contribution in [0.25, 0.3) is 0 Å². The molecule has 0 saturated carbocycles. The maximum Gasteiger partial charge on any atom is 0.339 e. The molecule has 0 aliphatic heterocycles. The SMILES string of the molecule is CCc1ccc(Cc2cc(Br)c(C(=O)OC)cc2Cl)cc1. The smallest absolute Gasteiger partial charge is 0.339 e. The minimum absolute atomic E-state index is 0.400. The van der Waals surface area contributed by atoms with Crippen molar-refractivity contribution >= 4 is 33.5 Å². The fourth-order valence-electron chi connectivity index (χ4n) is 2.10. The summed E-state index contributed by atoms with van der Waals surface area (Å²) in [5.74, 6) is -0.400. The lowest BCUT2D eigenvalue weighted by Gasteiger charge is -2.09. The predicted octanol–water partition coefficient (Wildman–Crippen LogP) is 5.04. The van der Waals surface area contributed by atoms with E-state index >= 15 is 0 Å². The Morgan fingerprint density at radius 3 is 2.38 bits per heavy atom. The van der Waals surface area contributed by atoms with E-state index < -0.39 is 5.97 Å². The van der Waals surface area contributed by atoms with Gasteiger partial charge >= 0.3 is 5.97 Å². The highest BCUT2D eigenvalue weighted by Gasteiger charge is 2.14. The fraction of sp³-hybridized carbons (Fsp3) is 0.235. The highest BCUT2D eigenvalue weighted by molar-refractivity contribution is 9.10. The van der Waals surface area contributed by atoms with Gasteiger partial charge in [-0.05, 0) is 57.6 Å². The average Bonchev–Trinajstić information content (AvgIpc) is 2.50. The number of hydrogen-bond donors (Lipinski definition) is 0. The number of methoxy groups -OCH3 is 1. The van der Waals surface area contributed by atoms with E-state index in [9.17, 15) is 4.79 Å². The first kappa shape index (κ1) is 16.1. The normalized spacial score (nSPS) is 10.5. The molecule has 0 heterocycles. The van der Waals surface area contributed by atoms with E-state index in [1.54, 1.807) is 6.07 Å². The summed E-state index contributed by atoms with van der Waals surface area (Å²) in [6.07, 6.45) is 1.75. The van der Waals surface area contributed by atoms with E-state index in [1.807, 2.05) is 6.07 Å². The molecule has 0 radical (unpaired) electrons. The van der Waals surface area contributed by atoms with E-state index in [4.69, 9.17) is 16.3 Å². The van der Waals surface area contributed by atoms with Gasteiger partial charge in [0.25, 0.3) is 0 Å². The second-order valence-electron chi connectivity index (χ2n) is 4.76. The lowest BCUT2D eigenvalue weighted by atomic mass is 10.0. The van der Waals surface area contributed by atoms with Crippen molar-refractivity contribution in [1.82, 2.24) is 0 Å². The van der Waals surface area contributed by atoms with Crippen molar-refractivity contribution < 1.29 is 9.53 Å². The van der Waals surface area contributed by atoms with Gasteiger partial charge in [-0.2, -0.15) is 0 Å². The number of benzene rings is 2. The number of rotatable bonds is 4. The monoisotopic (exact) mass is 366 g/mol. The van der Waals surface area contributed by atoms with Gasteiger partial charge in [0.2, 0.25) is 0 Å². The standard InChI is InChI=1S/C17H16BrClO2/c1-3-11-4-6-12(7-5-11)8-13-9-15(18)14(10-16(13)19)17(20)21-2/h4-7,9-10H,3,8H2,1-2H3. The summed E-state index contributed by atoms with van der Waals surface area (Å²) in [5.41, 5.74) is 3.91. The highest BCUT2D eigenvalue weighted by atomic mass is 79.9. The van der Waals surface area contributed by atoms with Crippen molar-refractivity contribution in [3.63, 3.8) is 0 Å². The van der Waals surface area contributed by atoms with Crippen molar-refractivity contribution in [2.45, 2.75) is 19.8 Å². The van der Waals surface area contributed by atoms with Crippen molar-refractivity contribution in [1.29, 1.82) is 0 Å². The van der Waals surface area contributed by atoms with E-state index in [0.29, 0.717) is 15.1 Å². The molecule has 0 spiro atoms. The van der Waals surface area contributed by atoms with Gasteiger partial charge in [-0.15, -0.1) is 0 Å². The first-order valence-corrected chi connectivity index (χ1v) is 7.86. The summed E-state index contributed by atoms with van der Waals surface area (Å²) in [7, 11) is 1.35. The van der Waals surface area contributed by atoms with E-state index in [2.05, 4.69) is 47.1 Å². The zero-order valence-corrected chi connectivity index (χ0v) is 14.3. The third-order valence-electron chi connectivity index (χ3n) is 3.37. The van der Waals surface area contributed by atoms with Gasteiger partial charge in [0, 0.05) is 9.50 Å². The second-order valence-corrected chi connectivity index (χ2v) is 6.02. The van der Waals surface area contributed by atoms with E-state index in [0.717, 1.165) is 18.4 Å². The summed E-state index contributed by atoms with van der Waals surface area (Å²) >= 11 is 9.68. The van der Waals surface area contributed by atoms with Gasteiger partial charge < -0.3 is 4.74 Å². The Kier molecular flexibility index (Phi) is 5.43. The van der Waals surface area contributed by atoms with E-state index in [-0.39, 0.29) is 0 Å². The molecule has 0 amide bonds. The topological polar surface area (TPSA) is 26.3 Å². The van der Waals surface area contributed by atoms with Crippen molar-refractivity contribution in [3.05, 3.63) is 68.1 Å². The quantitative estimate of drug-likeness (QED) is 0.707. The van der Waals surface area contributed by atoms with Crippen molar-refractivity contribution in [3.8, 4) is 0 Å². The Hall–Kier alpha value is -1.32. The van der Waals surface area contributed by atoms with Gasteiger partial charge in [-0.3, -0.25) is 0 Å². The molecule has 2 rings (SSSR count). The maximum atomic E-state index is 11.6. The van der Waals surface area contributed by atoms with E-state index in [1.165, 1.54) is 18.2 Å². The van der Waals surface area contributed by atoms with Crippen LogP contribution in [0.5, 0.6) is 0 Å². The Bertz CT molecular complexity index is 651. The third-order valence-corrected chi connectivity index (χ3v) is 4.38. The number of esters is 1. The number of ether oxygens (including phenoxy) is 1. The molecule has 0 saturated heterocycles. The molecule has 0 fully saturated rings. The summed E-state index contributed by atoms with van der Waals surface area (Å²) < 4.78 is 5.42. The fourth-order valence-corrected chi connectivity index (χ4v) is 2.89. The number of carbonyl (C=O) groups is 1. The predicted molar refractivity (Wildman–Crippen MR) is 89.1 cm³/mol. The van der Waals surface area contributed by atoms with Crippen LogP contribution in [-0.4, -0.2) is 13.1 Å². The van der Waals surface area contributed by atoms with Gasteiger partial charge in [0.1, 0.15) is 0 Å². The summed E-state index contributed by atoms with van der Waals surface area (Å²) in [6.45, 7) is 2.13. The molecule has 0 unspecified atom stereocenters. The van der Waals surface area contributed by atoms with Gasteiger partial charge in [0.15, 0.2) is 0 Å².